The maximum absolute atomic E-state index is 8.36. The van der Waals surface area contributed by atoms with Crippen LogP contribution in [0.3, 0.4) is 0 Å². The number of rotatable bonds is 5. The molecule has 2 nitrogen and oxygen atoms in total. The molecule has 1 aliphatic rings. The van der Waals surface area contributed by atoms with Crippen LogP contribution in [0.25, 0.3) is 0 Å². The Bertz CT molecular complexity index is 326. The van der Waals surface area contributed by atoms with E-state index >= 15 is 0 Å². The number of hydrogen-bond donors (Lipinski definition) is 2. The predicted octanol–water partition coefficient (Wildman–Crippen LogP) is 3.41. The molecular weight excluding hydrogens is 208 g/mol. The minimum Gasteiger partial charge on any atom is -0.312 e. The standard InChI is InChI=1S/C15H26N2/c1-10(2)9-13-8-6-7-11(3)14(13)15(16)12(4)17-5/h6-8,10,12-14,16-17H,9H2,1-5H3/t12?,13?,14-/m0/s1. The van der Waals surface area contributed by atoms with Gasteiger partial charge in [-0.05, 0) is 39.2 Å². The Labute approximate surface area is 106 Å². The number of hydrogen-bond acceptors (Lipinski definition) is 2. The molecule has 17 heavy (non-hydrogen) atoms. The van der Waals surface area contributed by atoms with Crippen LogP contribution in [-0.2, 0) is 0 Å². The van der Waals surface area contributed by atoms with Crippen molar-refractivity contribution in [1.82, 2.24) is 5.32 Å². The van der Waals surface area contributed by atoms with Gasteiger partial charge in [-0.1, -0.05) is 37.6 Å². The lowest BCUT2D eigenvalue weighted by Gasteiger charge is -2.32. The molecule has 2 unspecified atom stereocenters. The highest BCUT2D eigenvalue weighted by Gasteiger charge is 2.29. The van der Waals surface area contributed by atoms with Gasteiger partial charge in [0.05, 0.1) is 0 Å². The van der Waals surface area contributed by atoms with E-state index in [2.05, 4.69) is 51.2 Å². The van der Waals surface area contributed by atoms with E-state index in [4.69, 9.17) is 5.41 Å². The average Bonchev–Trinajstić information content (AvgIpc) is 2.26. The van der Waals surface area contributed by atoms with Crippen molar-refractivity contribution in [2.24, 2.45) is 17.8 Å². The summed E-state index contributed by atoms with van der Waals surface area (Å²) in [6.45, 7) is 8.73. The second-order valence-corrected chi connectivity index (χ2v) is 5.53. The van der Waals surface area contributed by atoms with Gasteiger partial charge in [0.2, 0.25) is 0 Å². The van der Waals surface area contributed by atoms with Crippen LogP contribution in [0, 0.1) is 23.2 Å². The van der Waals surface area contributed by atoms with E-state index in [-0.39, 0.29) is 12.0 Å². The first-order valence-corrected chi connectivity index (χ1v) is 6.58. The van der Waals surface area contributed by atoms with Gasteiger partial charge in [-0.25, -0.2) is 0 Å². The Morgan fingerprint density at radius 3 is 2.59 bits per heavy atom. The van der Waals surface area contributed by atoms with Crippen LogP contribution in [0.4, 0.5) is 0 Å². The van der Waals surface area contributed by atoms with Gasteiger partial charge in [-0.2, -0.15) is 0 Å². The van der Waals surface area contributed by atoms with Crippen molar-refractivity contribution >= 4 is 5.71 Å². The molecule has 0 saturated heterocycles. The SMILES string of the molecule is CNC(C)C(=N)[C@H]1C(C)=CC=CC1CC(C)C. The van der Waals surface area contributed by atoms with Gasteiger partial charge in [0, 0.05) is 17.7 Å². The van der Waals surface area contributed by atoms with Crippen molar-refractivity contribution in [3.8, 4) is 0 Å². The average molecular weight is 234 g/mol. The Morgan fingerprint density at radius 1 is 1.41 bits per heavy atom. The van der Waals surface area contributed by atoms with Gasteiger partial charge in [-0.3, -0.25) is 0 Å². The highest BCUT2D eigenvalue weighted by Crippen LogP contribution is 2.32. The number of nitrogens with one attached hydrogen (secondary N) is 2. The molecule has 0 aromatic carbocycles. The molecule has 0 bridgehead atoms. The van der Waals surface area contributed by atoms with Crippen molar-refractivity contribution in [3.05, 3.63) is 23.8 Å². The summed E-state index contributed by atoms with van der Waals surface area (Å²) < 4.78 is 0. The Hall–Kier alpha value is -0.890. The van der Waals surface area contributed by atoms with Crippen LogP contribution < -0.4 is 5.32 Å². The van der Waals surface area contributed by atoms with E-state index in [0.717, 1.165) is 12.1 Å². The molecule has 0 radical (unpaired) electrons. The van der Waals surface area contributed by atoms with Crippen LogP contribution in [-0.4, -0.2) is 18.8 Å². The quantitative estimate of drug-likeness (QED) is 0.703. The molecule has 0 heterocycles. The maximum atomic E-state index is 8.36. The van der Waals surface area contributed by atoms with E-state index in [0.29, 0.717) is 11.8 Å². The van der Waals surface area contributed by atoms with Gasteiger partial charge in [0.1, 0.15) is 0 Å². The molecule has 2 heteroatoms. The van der Waals surface area contributed by atoms with E-state index in [9.17, 15) is 0 Å². The summed E-state index contributed by atoms with van der Waals surface area (Å²) in [4.78, 5) is 0. The van der Waals surface area contributed by atoms with Crippen molar-refractivity contribution in [3.63, 3.8) is 0 Å². The lowest BCUT2D eigenvalue weighted by Crippen LogP contribution is -2.39. The number of allylic oxidation sites excluding steroid dienone is 4. The van der Waals surface area contributed by atoms with E-state index < -0.39 is 0 Å². The largest absolute Gasteiger partial charge is 0.312 e. The van der Waals surface area contributed by atoms with Crippen molar-refractivity contribution in [1.29, 1.82) is 5.41 Å². The molecule has 1 rings (SSSR count). The lowest BCUT2D eigenvalue weighted by atomic mass is 9.74. The molecule has 0 aromatic rings. The topological polar surface area (TPSA) is 35.9 Å². The molecule has 0 spiro atoms. The second kappa shape index (κ2) is 6.15. The summed E-state index contributed by atoms with van der Waals surface area (Å²) in [6.07, 6.45) is 7.73. The molecule has 1 aliphatic carbocycles. The third kappa shape index (κ3) is 3.53. The highest BCUT2D eigenvalue weighted by atomic mass is 14.9. The van der Waals surface area contributed by atoms with Gasteiger partial charge in [-0.15, -0.1) is 0 Å². The van der Waals surface area contributed by atoms with E-state index in [1.54, 1.807) is 0 Å². The van der Waals surface area contributed by atoms with Gasteiger partial charge >= 0.3 is 0 Å². The van der Waals surface area contributed by atoms with Crippen LogP contribution in [0.15, 0.2) is 23.8 Å². The molecule has 0 fully saturated rings. The third-order valence-electron chi connectivity index (χ3n) is 3.61. The zero-order valence-corrected chi connectivity index (χ0v) is 11.7. The highest BCUT2D eigenvalue weighted by molar-refractivity contribution is 5.91. The summed E-state index contributed by atoms with van der Waals surface area (Å²) in [6, 6.07) is 0.157. The van der Waals surface area contributed by atoms with Crippen LogP contribution in [0.2, 0.25) is 0 Å². The third-order valence-corrected chi connectivity index (χ3v) is 3.61. The van der Waals surface area contributed by atoms with Gasteiger partial charge in [0.15, 0.2) is 0 Å². The van der Waals surface area contributed by atoms with Crippen molar-refractivity contribution in [2.75, 3.05) is 7.05 Å². The summed E-state index contributed by atoms with van der Waals surface area (Å²) in [7, 11) is 1.92. The lowest BCUT2D eigenvalue weighted by molar-refractivity contribution is 0.422. The molecule has 0 aromatic heterocycles. The van der Waals surface area contributed by atoms with E-state index in [1.165, 1.54) is 5.57 Å². The molecule has 3 atom stereocenters. The van der Waals surface area contributed by atoms with E-state index in [1.807, 2.05) is 7.05 Å². The van der Waals surface area contributed by atoms with Crippen molar-refractivity contribution in [2.45, 2.75) is 40.2 Å². The summed E-state index contributed by atoms with van der Waals surface area (Å²) >= 11 is 0. The van der Waals surface area contributed by atoms with Crippen LogP contribution in [0.5, 0.6) is 0 Å². The summed E-state index contributed by atoms with van der Waals surface area (Å²) in [5, 5.41) is 11.5. The zero-order chi connectivity index (χ0) is 13.0. The Morgan fingerprint density at radius 2 is 2.06 bits per heavy atom. The van der Waals surface area contributed by atoms with Crippen molar-refractivity contribution < 1.29 is 0 Å². The summed E-state index contributed by atoms with van der Waals surface area (Å²) in [5.41, 5.74) is 2.14. The fourth-order valence-electron chi connectivity index (χ4n) is 2.56. The Kier molecular flexibility index (Phi) is 5.13. The smallest absolute Gasteiger partial charge is 0.0423 e. The minimum absolute atomic E-state index is 0.157. The van der Waals surface area contributed by atoms with Crippen LogP contribution in [0.1, 0.15) is 34.1 Å². The van der Waals surface area contributed by atoms with Gasteiger partial charge < -0.3 is 10.7 Å². The first-order valence-electron chi connectivity index (χ1n) is 6.58. The normalized spacial score (nSPS) is 25.9. The summed E-state index contributed by atoms with van der Waals surface area (Å²) in [5.74, 6) is 1.45. The zero-order valence-electron chi connectivity index (χ0n) is 11.7. The molecule has 0 saturated carbocycles. The molecule has 0 amide bonds. The second-order valence-electron chi connectivity index (χ2n) is 5.53. The minimum atomic E-state index is 0.157. The monoisotopic (exact) mass is 234 g/mol. The van der Waals surface area contributed by atoms with Gasteiger partial charge in [0.25, 0.3) is 0 Å². The molecular formula is C15H26N2. The predicted molar refractivity (Wildman–Crippen MR) is 75.6 cm³/mol. The molecule has 2 N–H and O–H groups in total. The fraction of sp³-hybridized carbons (Fsp3) is 0.667. The fourth-order valence-corrected chi connectivity index (χ4v) is 2.56. The molecule has 0 aliphatic heterocycles. The molecule has 96 valence electrons. The first kappa shape index (κ1) is 14.2. The first-order chi connectivity index (χ1) is 7.97. The Balaban J connectivity index is 2.87. The maximum Gasteiger partial charge on any atom is 0.0423 e. The van der Waals surface area contributed by atoms with Crippen LogP contribution >= 0.6 is 0 Å².